The molecule has 2 aromatic rings. The lowest BCUT2D eigenvalue weighted by Gasteiger charge is -2.30. The Morgan fingerprint density at radius 3 is 2.62 bits per heavy atom. The first-order chi connectivity index (χ1) is 13.7. The van der Waals surface area contributed by atoms with Crippen molar-refractivity contribution in [1.82, 2.24) is 10.6 Å². The zero-order chi connectivity index (χ0) is 21.3. The number of amides is 1. The van der Waals surface area contributed by atoms with Gasteiger partial charge in [0.1, 0.15) is 5.02 Å². The van der Waals surface area contributed by atoms with E-state index < -0.39 is 16.9 Å². The number of nitrogens with zero attached hydrogens (tertiary/aromatic N) is 1. The number of rotatable bonds is 4. The van der Waals surface area contributed by atoms with E-state index in [2.05, 4.69) is 16.0 Å². The third-order valence-electron chi connectivity index (χ3n) is 4.46. The highest BCUT2D eigenvalue weighted by molar-refractivity contribution is 7.80. The molecule has 1 aliphatic rings. The molecule has 7 nitrogen and oxygen atoms in total. The van der Waals surface area contributed by atoms with Crippen LogP contribution >= 0.6 is 35.4 Å². The summed E-state index contributed by atoms with van der Waals surface area (Å²) in [6.45, 7) is 3.56. The molecule has 0 aromatic heterocycles. The Kier molecular flexibility index (Phi) is 6.07. The van der Waals surface area contributed by atoms with E-state index >= 15 is 0 Å². The minimum atomic E-state index is -0.695. The molecule has 0 saturated carbocycles. The predicted octanol–water partition coefficient (Wildman–Crippen LogP) is 4.64. The lowest BCUT2D eigenvalue weighted by molar-refractivity contribution is -0.384. The van der Waals surface area contributed by atoms with Crippen LogP contribution in [0.5, 0.6) is 0 Å². The number of carbonyl (C=O) groups excluding carboxylic acids is 1. The van der Waals surface area contributed by atoms with Gasteiger partial charge in [0.25, 0.3) is 11.6 Å². The van der Waals surface area contributed by atoms with Gasteiger partial charge in [-0.25, -0.2) is 0 Å². The van der Waals surface area contributed by atoms with Crippen LogP contribution in [0.4, 0.5) is 11.4 Å². The molecule has 0 saturated heterocycles. The summed E-state index contributed by atoms with van der Waals surface area (Å²) in [5.41, 5.74) is 2.52. The maximum Gasteiger partial charge on any atom is 0.288 e. The molecular weight excluding hydrogens is 435 g/mol. The molecule has 29 heavy (non-hydrogen) atoms. The van der Waals surface area contributed by atoms with Crippen molar-refractivity contribution in [3.63, 3.8) is 0 Å². The molecule has 0 bridgehead atoms. The first-order valence-electron chi connectivity index (χ1n) is 8.47. The van der Waals surface area contributed by atoms with Gasteiger partial charge in [-0.1, -0.05) is 35.3 Å². The van der Waals surface area contributed by atoms with Crippen molar-refractivity contribution in [1.29, 1.82) is 0 Å². The number of benzene rings is 2. The van der Waals surface area contributed by atoms with Crippen LogP contribution in [-0.4, -0.2) is 15.9 Å². The summed E-state index contributed by atoms with van der Waals surface area (Å²) in [5, 5.41) is 20.9. The van der Waals surface area contributed by atoms with Gasteiger partial charge in [0, 0.05) is 22.5 Å². The number of allylic oxidation sites excluding steroid dienone is 1. The van der Waals surface area contributed by atoms with E-state index in [9.17, 15) is 14.9 Å². The van der Waals surface area contributed by atoms with Gasteiger partial charge in [-0.15, -0.1) is 0 Å². The van der Waals surface area contributed by atoms with Gasteiger partial charge in [-0.2, -0.15) is 0 Å². The van der Waals surface area contributed by atoms with Crippen LogP contribution in [0.15, 0.2) is 47.7 Å². The van der Waals surface area contributed by atoms with E-state index in [4.69, 9.17) is 35.4 Å². The van der Waals surface area contributed by atoms with Gasteiger partial charge in [-0.05, 0) is 55.4 Å². The highest BCUT2D eigenvalue weighted by atomic mass is 35.5. The highest BCUT2D eigenvalue weighted by Gasteiger charge is 2.31. The first kappa shape index (κ1) is 21.0. The fourth-order valence-corrected chi connectivity index (χ4v) is 3.64. The molecule has 2 aromatic carbocycles. The van der Waals surface area contributed by atoms with Crippen molar-refractivity contribution in [2.75, 3.05) is 5.32 Å². The quantitative estimate of drug-likeness (QED) is 0.356. The van der Waals surface area contributed by atoms with E-state index in [0.717, 1.165) is 5.56 Å². The van der Waals surface area contributed by atoms with Crippen LogP contribution < -0.4 is 16.0 Å². The van der Waals surface area contributed by atoms with E-state index in [-0.39, 0.29) is 10.7 Å². The maximum absolute atomic E-state index is 13.1. The second-order valence-corrected chi connectivity index (χ2v) is 7.70. The molecule has 0 spiro atoms. The Hall–Kier alpha value is -2.68. The summed E-state index contributed by atoms with van der Waals surface area (Å²) in [5.74, 6) is -0.391. The predicted molar refractivity (Wildman–Crippen MR) is 117 cm³/mol. The minimum Gasteiger partial charge on any atom is -0.351 e. The smallest absolute Gasteiger partial charge is 0.288 e. The number of thiocarbonyl (C=S) groups is 1. The van der Waals surface area contributed by atoms with E-state index in [1.165, 1.54) is 12.1 Å². The lowest BCUT2D eigenvalue weighted by atomic mass is 9.94. The minimum absolute atomic E-state index is 0.0107. The van der Waals surface area contributed by atoms with Crippen LogP contribution in [0.25, 0.3) is 0 Å². The molecule has 3 N–H and O–H groups in total. The summed E-state index contributed by atoms with van der Waals surface area (Å²) in [4.78, 5) is 23.8. The molecule has 1 atom stereocenters. The average molecular weight is 451 g/mol. The fourth-order valence-electron chi connectivity index (χ4n) is 3.01. The SMILES string of the molecule is CC1=C(C(=O)Nc2cc(Cl)ccc2C)[C@H](c2ccc(Cl)c([N+](=O)[O-])c2)NC(=S)N1. The molecule has 0 fully saturated rings. The number of nitro benzene ring substituents is 1. The molecule has 0 unspecified atom stereocenters. The van der Waals surface area contributed by atoms with Gasteiger partial charge in [0.05, 0.1) is 16.5 Å². The Morgan fingerprint density at radius 1 is 1.21 bits per heavy atom. The number of anilines is 1. The molecule has 0 radical (unpaired) electrons. The van der Waals surface area contributed by atoms with Crippen molar-refractivity contribution in [2.45, 2.75) is 19.9 Å². The van der Waals surface area contributed by atoms with Crippen LogP contribution in [0, 0.1) is 17.0 Å². The maximum atomic E-state index is 13.1. The summed E-state index contributed by atoms with van der Waals surface area (Å²) in [7, 11) is 0. The van der Waals surface area contributed by atoms with Crippen LogP contribution in [0.3, 0.4) is 0 Å². The Morgan fingerprint density at radius 2 is 1.93 bits per heavy atom. The Labute approximate surface area is 182 Å². The van der Waals surface area contributed by atoms with Gasteiger partial charge in [0.15, 0.2) is 5.11 Å². The van der Waals surface area contributed by atoms with Crippen molar-refractivity contribution in [3.8, 4) is 0 Å². The molecular formula is C19H16Cl2N4O3S. The van der Waals surface area contributed by atoms with Crippen molar-refractivity contribution in [2.24, 2.45) is 0 Å². The van der Waals surface area contributed by atoms with Gasteiger partial charge < -0.3 is 16.0 Å². The number of halogens is 2. The van der Waals surface area contributed by atoms with Crippen LogP contribution in [0.1, 0.15) is 24.1 Å². The number of nitro groups is 1. The molecule has 1 aliphatic heterocycles. The van der Waals surface area contributed by atoms with Crippen molar-refractivity contribution < 1.29 is 9.72 Å². The first-order valence-corrected chi connectivity index (χ1v) is 9.63. The average Bonchev–Trinajstić information content (AvgIpc) is 2.64. The monoisotopic (exact) mass is 450 g/mol. The second kappa shape index (κ2) is 8.36. The molecule has 3 rings (SSSR count). The molecule has 1 amide bonds. The van der Waals surface area contributed by atoms with E-state index in [1.54, 1.807) is 31.2 Å². The summed E-state index contributed by atoms with van der Waals surface area (Å²) < 4.78 is 0. The molecule has 0 aliphatic carbocycles. The fraction of sp³-hybridized carbons (Fsp3) is 0.158. The number of aryl methyl sites for hydroxylation is 1. The number of hydrogen-bond acceptors (Lipinski definition) is 4. The molecule has 150 valence electrons. The third kappa shape index (κ3) is 4.50. The van der Waals surface area contributed by atoms with Gasteiger partial charge in [0.2, 0.25) is 0 Å². The van der Waals surface area contributed by atoms with Crippen LogP contribution in [-0.2, 0) is 4.79 Å². The van der Waals surface area contributed by atoms with Gasteiger partial charge in [-0.3, -0.25) is 14.9 Å². The largest absolute Gasteiger partial charge is 0.351 e. The second-order valence-electron chi connectivity index (χ2n) is 6.45. The number of carbonyl (C=O) groups is 1. The normalized spacial score (nSPS) is 16.1. The van der Waals surface area contributed by atoms with E-state index in [1.807, 2.05) is 6.92 Å². The summed E-state index contributed by atoms with van der Waals surface area (Å²) in [6.07, 6.45) is 0. The van der Waals surface area contributed by atoms with Crippen LogP contribution in [0.2, 0.25) is 10.0 Å². The van der Waals surface area contributed by atoms with E-state index in [0.29, 0.717) is 32.7 Å². The lowest BCUT2D eigenvalue weighted by Crippen LogP contribution is -2.45. The Balaban J connectivity index is 2.02. The standard InChI is InChI=1S/C19H16Cl2N4O3S/c1-9-3-5-12(20)8-14(9)23-18(26)16-10(2)22-19(29)24-17(16)11-4-6-13(21)15(7-11)25(27)28/h3-8,17H,1-2H3,(H,23,26)(H2,22,24,29)/t17-/m0/s1. The zero-order valence-electron chi connectivity index (χ0n) is 15.4. The van der Waals surface area contributed by atoms with Crippen molar-refractivity contribution in [3.05, 3.63) is 79.0 Å². The summed E-state index contributed by atoms with van der Waals surface area (Å²) >= 11 is 17.2. The third-order valence-corrected chi connectivity index (χ3v) is 5.24. The Bertz CT molecular complexity index is 1070. The topological polar surface area (TPSA) is 96.3 Å². The summed E-state index contributed by atoms with van der Waals surface area (Å²) in [6, 6.07) is 8.86. The zero-order valence-corrected chi connectivity index (χ0v) is 17.7. The molecule has 10 heteroatoms. The van der Waals surface area contributed by atoms with Gasteiger partial charge >= 0.3 is 0 Å². The number of nitrogens with one attached hydrogen (secondary N) is 3. The highest BCUT2D eigenvalue weighted by Crippen LogP contribution is 2.33. The molecule has 1 heterocycles. The van der Waals surface area contributed by atoms with Crippen molar-refractivity contribution >= 4 is 57.8 Å². The number of hydrogen-bond donors (Lipinski definition) is 3.